The predicted molar refractivity (Wildman–Crippen MR) is 98.1 cm³/mol. The van der Waals surface area contributed by atoms with Crippen LogP contribution in [0, 0.1) is 0 Å². The largest absolute Gasteiger partial charge is 0.478 e. The molecule has 0 spiro atoms. The molecule has 2 aromatic carbocycles. The van der Waals surface area contributed by atoms with Crippen LogP contribution in [-0.2, 0) is 11.2 Å². The molecule has 26 heavy (non-hydrogen) atoms. The number of aromatic nitrogens is 1. The van der Waals surface area contributed by atoms with Gasteiger partial charge in [-0.25, -0.2) is 4.79 Å². The fourth-order valence-electron chi connectivity index (χ4n) is 2.67. The lowest BCUT2D eigenvalue weighted by Crippen LogP contribution is -2.55. The lowest BCUT2D eigenvalue weighted by Gasteiger charge is -2.24. The molecule has 0 radical (unpaired) electrons. The Balaban J connectivity index is 1.77. The number of aromatic amines is 1. The van der Waals surface area contributed by atoms with Crippen LogP contribution in [-0.4, -0.2) is 32.8 Å². The van der Waals surface area contributed by atoms with Gasteiger partial charge in [0.25, 0.3) is 5.91 Å². The van der Waals surface area contributed by atoms with E-state index < -0.39 is 17.6 Å². The number of carbonyl (C=O) groups excluding carboxylic acids is 1. The first-order chi connectivity index (χ1) is 12.4. The monoisotopic (exact) mass is 372 g/mol. The zero-order chi connectivity index (χ0) is 18.7. The van der Waals surface area contributed by atoms with Crippen molar-refractivity contribution in [2.75, 3.05) is 0 Å². The van der Waals surface area contributed by atoms with Crippen molar-refractivity contribution in [2.24, 2.45) is 0 Å². The van der Waals surface area contributed by atoms with Crippen LogP contribution in [0.25, 0.3) is 10.9 Å². The molecule has 3 rings (SSSR count). The molecule has 0 fully saturated rings. The first kappa shape index (κ1) is 18.0. The average Bonchev–Trinajstić information content (AvgIpc) is 3.04. The van der Waals surface area contributed by atoms with E-state index in [0.717, 1.165) is 5.56 Å². The Morgan fingerprint density at radius 2 is 1.85 bits per heavy atom. The number of aliphatic carboxylic acids is 1. The molecule has 1 atom stereocenters. The molecule has 1 amide bonds. The minimum Gasteiger partial charge on any atom is -0.478 e. The van der Waals surface area contributed by atoms with Crippen LogP contribution in [0.2, 0.25) is 5.02 Å². The maximum Gasteiger partial charge on any atom is 0.357 e. The number of halogens is 1. The van der Waals surface area contributed by atoms with E-state index in [0.29, 0.717) is 22.3 Å². The molecular weight excluding hydrogens is 356 g/mol. The summed E-state index contributed by atoms with van der Waals surface area (Å²) in [6, 6.07) is 15.8. The van der Waals surface area contributed by atoms with Crippen molar-refractivity contribution in [1.29, 1.82) is 0 Å². The minimum atomic E-state index is -2.37. The number of carboxylic acid groups (broad SMARTS) is 1. The summed E-state index contributed by atoms with van der Waals surface area (Å²) in [4.78, 5) is 26.8. The van der Waals surface area contributed by atoms with E-state index in [-0.39, 0.29) is 12.1 Å². The van der Waals surface area contributed by atoms with Crippen molar-refractivity contribution in [3.8, 4) is 0 Å². The van der Waals surface area contributed by atoms with E-state index >= 15 is 0 Å². The minimum absolute atomic E-state index is 0.140. The average molecular weight is 373 g/mol. The second-order valence-corrected chi connectivity index (χ2v) is 6.46. The molecule has 0 aliphatic carbocycles. The Morgan fingerprint density at radius 3 is 2.54 bits per heavy atom. The zero-order valence-corrected chi connectivity index (χ0v) is 14.5. The number of H-pyrrole nitrogens is 1. The molecule has 7 heteroatoms. The Labute approximate surface area is 154 Å². The molecule has 134 valence electrons. The van der Waals surface area contributed by atoms with Crippen molar-refractivity contribution in [2.45, 2.75) is 18.6 Å². The fraction of sp³-hybridized carbons (Fsp3) is 0.158. The summed E-state index contributed by atoms with van der Waals surface area (Å²) in [5.41, 5.74) is -0.687. The number of aliphatic hydroxyl groups is 1. The van der Waals surface area contributed by atoms with Gasteiger partial charge in [-0.1, -0.05) is 41.9 Å². The van der Waals surface area contributed by atoms with Gasteiger partial charge in [-0.3, -0.25) is 4.79 Å². The third kappa shape index (κ3) is 3.87. The van der Waals surface area contributed by atoms with E-state index in [1.165, 1.54) is 0 Å². The van der Waals surface area contributed by atoms with Crippen LogP contribution in [0.3, 0.4) is 0 Å². The highest BCUT2D eigenvalue weighted by Gasteiger charge is 2.37. The van der Waals surface area contributed by atoms with Gasteiger partial charge in [0.2, 0.25) is 5.72 Å². The Hall–Kier alpha value is -2.83. The zero-order valence-electron chi connectivity index (χ0n) is 13.7. The van der Waals surface area contributed by atoms with E-state index in [2.05, 4.69) is 10.3 Å². The number of amides is 1. The molecule has 1 aromatic heterocycles. The van der Waals surface area contributed by atoms with Gasteiger partial charge in [0.05, 0.1) is 0 Å². The van der Waals surface area contributed by atoms with Gasteiger partial charge in [-0.2, -0.15) is 0 Å². The van der Waals surface area contributed by atoms with Crippen LogP contribution in [0.5, 0.6) is 0 Å². The fourth-order valence-corrected chi connectivity index (χ4v) is 2.85. The van der Waals surface area contributed by atoms with E-state index in [1.807, 2.05) is 30.3 Å². The molecule has 0 aliphatic rings. The van der Waals surface area contributed by atoms with Crippen molar-refractivity contribution >= 4 is 34.4 Å². The Morgan fingerprint density at radius 1 is 1.12 bits per heavy atom. The number of hydrogen-bond acceptors (Lipinski definition) is 3. The Bertz CT molecular complexity index is 955. The molecule has 0 unspecified atom stereocenters. The van der Waals surface area contributed by atoms with E-state index in [4.69, 9.17) is 11.6 Å². The van der Waals surface area contributed by atoms with Crippen LogP contribution in [0.1, 0.15) is 22.5 Å². The predicted octanol–water partition coefficient (Wildman–Crippen LogP) is 2.96. The summed E-state index contributed by atoms with van der Waals surface area (Å²) >= 11 is 5.92. The molecule has 3 aromatic rings. The number of carboxylic acids is 1. The maximum atomic E-state index is 12.4. The second kappa shape index (κ2) is 7.19. The normalized spacial score (nSPS) is 13.3. The first-order valence-electron chi connectivity index (χ1n) is 7.98. The summed E-state index contributed by atoms with van der Waals surface area (Å²) in [5, 5.41) is 23.3. The van der Waals surface area contributed by atoms with Gasteiger partial charge < -0.3 is 20.5 Å². The molecule has 0 bridgehead atoms. The van der Waals surface area contributed by atoms with Gasteiger partial charge in [0.15, 0.2) is 0 Å². The van der Waals surface area contributed by atoms with Gasteiger partial charge >= 0.3 is 5.97 Å². The van der Waals surface area contributed by atoms with Gasteiger partial charge in [-0.05, 0) is 36.2 Å². The third-order valence-electron chi connectivity index (χ3n) is 4.12. The Kier molecular flexibility index (Phi) is 4.97. The number of nitrogens with one attached hydrogen (secondary N) is 2. The summed E-state index contributed by atoms with van der Waals surface area (Å²) < 4.78 is 0. The van der Waals surface area contributed by atoms with Crippen LogP contribution in [0.4, 0.5) is 0 Å². The highest BCUT2D eigenvalue weighted by atomic mass is 35.5. The number of aryl methyl sites for hydroxylation is 1. The molecule has 4 N–H and O–H groups in total. The number of fused-ring (bicyclic) bond motifs is 1. The smallest absolute Gasteiger partial charge is 0.357 e. The summed E-state index contributed by atoms with van der Waals surface area (Å²) in [6.45, 7) is 0. The SMILES string of the molecule is O=C(N[C@](O)(CCc1ccccc1)C(=O)O)c1cc2cc(Cl)ccc2[nH]1. The quantitative estimate of drug-likeness (QED) is 0.499. The molecule has 6 nitrogen and oxygen atoms in total. The van der Waals surface area contributed by atoms with Crippen LogP contribution in [0.15, 0.2) is 54.6 Å². The number of hydrogen-bond donors (Lipinski definition) is 4. The van der Waals surface area contributed by atoms with E-state index in [1.54, 1.807) is 24.3 Å². The molecule has 1 heterocycles. The summed E-state index contributed by atoms with van der Waals surface area (Å²) in [7, 11) is 0. The summed E-state index contributed by atoms with van der Waals surface area (Å²) in [5.74, 6) is -2.23. The van der Waals surface area contributed by atoms with Gasteiger partial charge in [0, 0.05) is 22.3 Å². The first-order valence-corrected chi connectivity index (χ1v) is 8.36. The highest BCUT2D eigenvalue weighted by Crippen LogP contribution is 2.21. The van der Waals surface area contributed by atoms with E-state index in [9.17, 15) is 19.8 Å². The van der Waals surface area contributed by atoms with Gasteiger partial charge in [0.1, 0.15) is 5.69 Å². The topological polar surface area (TPSA) is 102 Å². The van der Waals surface area contributed by atoms with Gasteiger partial charge in [-0.15, -0.1) is 0 Å². The lowest BCUT2D eigenvalue weighted by molar-refractivity contribution is -0.161. The van der Waals surface area contributed by atoms with Crippen molar-refractivity contribution in [3.05, 3.63) is 70.9 Å². The van der Waals surface area contributed by atoms with Crippen molar-refractivity contribution in [1.82, 2.24) is 10.3 Å². The van der Waals surface area contributed by atoms with Crippen LogP contribution < -0.4 is 5.32 Å². The molecule has 0 aliphatic heterocycles. The molecular formula is C19H17ClN2O4. The standard InChI is InChI=1S/C19H17ClN2O4/c20-14-6-7-15-13(10-14)11-16(21-15)17(23)22-19(26,18(24)25)9-8-12-4-2-1-3-5-12/h1-7,10-11,21,26H,8-9H2,(H,22,23)(H,24,25)/t19-/m0/s1. The number of benzene rings is 2. The third-order valence-corrected chi connectivity index (χ3v) is 4.35. The van der Waals surface area contributed by atoms with Crippen molar-refractivity contribution in [3.63, 3.8) is 0 Å². The van der Waals surface area contributed by atoms with Crippen LogP contribution >= 0.6 is 11.6 Å². The molecule has 0 saturated heterocycles. The maximum absolute atomic E-state index is 12.4. The number of carbonyl (C=O) groups is 2. The lowest BCUT2D eigenvalue weighted by atomic mass is 10.0. The van der Waals surface area contributed by atoms with Crippen molar-refractivity contribution < 1.29 is 19.8 Å². The summed E-state index contributed by atoms with van der Waals surface area (Å²) in [6.07, 6.45) is 0.135. The second-order valence-electron chi connectivity index (χ2n) is 6.02. The number of rotatable bonds is 6. The molecule has 0 saturated carbocycles. The highest BCUT2D eigenvalue weighted by molar-refractivity contribution is 6.31.